The molecule has 1 saturated heterocycles. The Morgan fingerprint density at radius 1 is 1.25 bits per heavy atom. The predicted octanol–water partition coefficient (Wildman–Crippen LogP) is 0.476. The van der Waals surface area contributed by atoms with Gasteiger partial charge in [0.1, 0.15) is 5.82 Å². The number of aromatic nitrogens is 3. The van der Waals surface area contributed by atoms with E-state index >= 15 is 0 Å². The van der Waals surface area contributed by atoms with E-state index in [1.165, 1.54) is 6.20 Å². The Labute approximate surface area is 140 Å². The molecule has 1 unspecified atom stereocenters. The number of imidazole rings is 1. The number of carbonyl (C=O) groups is 1. The molecule has 0 bridgehead atoms. The Kier molecular flexibility index (Phi) is 4.31. The summed E-state index contributed by atoms with van der Waals surface area (Å²) in [5, 5.41) is 3.64. The Bertz CT molecular complexity index is 678. The molecule has 8 nitrogen and oxygen atoms in total. The van der Waals surface area contributed by atoms with Crippen LogP contribution in [0, 0.1) is 5.92 Å². The summed E-state index contributed by atoms with van der Waals surface area (Å²) in [4.78, 5) is 21.3. The van der Waals surface area contributed by atoms with Crippen molar-refractivity contribution in [2.24, 2.45) is 5.92 Å². The quantitative estimate of drug-likeness (QED) is 0.814. The van der Waals surface area contributed by atoms with Crippen LogP contribution in [0.25, 0.3) is 0 Å². The molecule has 0 radical (unpaired) electrons. The van der Waals surface area contributed by atoms with Gasteiger partial charge in [0.15, 0.2) is 0 Å². The van der Waals surface area contributed by atoms with Gasteiger partial charge in [-0.2, -0.15) is 0 Å². The van der Waals surface area contributed by atoms with E-state index in [1.807, 2.05) is 11.1 Å². The topological polar surface area (TPSA) is 76.6 Å². The lowest BCUT2D eigenvalue weighted by molar-refractivity contribution is 0.0261. The van der Waals surface area contributed by atoms with Gasteiger partial charge in [-0.05, 0) is 0 Å². The number of hydrogen-bond donors (Lipinski definition) is 0. The van der Waals surface area contributed by atoms with Gasteiger partial charge in [-0.15, -0.1) is 0 Å². The van der Waals surface area contributed by atoms with Gasteiger partial charge in [0.05, 0.1) is 26.0 Å². The number of nitrogens with zero attached hydrogens (tertiary/aromatic N) is 5. The highest BCUT2D eigenvalue weighted by molar-refractivity contribution is 5.91. The molecule has 0 aliphatic carbocycles. The third-order valence-electron chi connectivity index (χ3n) is 4.62. The summed E-state index contributed by atoms with van der Waals surface area (Å²) in [6.07, 6.45) is 5.28. The van der Waals surface area contributed by atoms with Crippen molar-refractivity contribution < 1.29 is 14.1 Å². The lowest BCUT2D eigenvalue weighted by atomic mass is 10.1. The fourth-order valence-electron chi connectivity index (χ4n) is 3.44. The molecule has 0 saturated carbocycles. The molecule has 2 aliphatic rings. The maximum Gasteiger partial charge on any atom is 0.292 e. The van der Waals surface area contributed by atoms with Crippen LogP contribution in [0.2, 0.25) is 0 Å². The Morgan fingerprint density at radius 2 is 2.12 bits per heavy atom. The van der Waals surface area contributed by atoms with Gasteiger partial charge in [0.25, 0.3) is 5.91 Å². The number of rotatable bonds is 3. The molecule has 1 fully saturated rings. The Hall–Kier alpha value is -2.19. The lowest BCUT2D eigenvalue weighted by Gasteiger charge is -2.31. The number of hydrogen-bond acceptors (Lipinski definition) is 6. The molecule has 1 atom stereocenters. The summed E-state index contributed by atoms with van der Waals surface area (Å²) in [6.45, 7) is 6.45. The zero-order chi connectivity index (χ0) is 16.4. The van der Waals surface area contributed by atoms with Gasteiger partial charge >= 0.3 is 0 Å². The highest BCUT2D eigenvalue weighted by Gasteiger charge is 2.29. The molecule has 4 heterocycles. The van der Waals surface area contributed by atoms with E-state index in [2.05, 4.69) is 19.6 Å². The molecule has 4 rings (SSSR count). The second-order valence-electron chi connectivity index (χ2n) is 6.34. The van der Waals surface area contributed by atoms with Crippen LogP contribution >= 0.6 is 0 Å². The maximum atomic E-state index is 12.7. The van der Waals surface area contributed by atoms with Crippen LogP contribution in [0.3, 0.4) is 0 Å². The average molecular weight is 331 g/mol. The van der Waals surface area contributed by atoms with Crippen molar-refractivity contribution >= 4 is 5.91 Å². The minimum atomic E-state index is -0.129. The van der Waals surface area contributed by atoms with E-state index in [0.29, 0.717) is 19.0 Å². The standard InChI is InChI=1S/C16H21N5O3/c22-16(14-1-2-18-24-14)21-11-13(9-19-5-7-23-8-6-19)10-20-4-3-17-15(20)12-21/h1-4,13H,5-12H2. The molecule has 128 valence electrons. The normalized spacial score (nSPS) is 22.2. The van der Waals surface area contributed by atoms with Gasteiger partial charge < -0.3 is 18.7 Å². The van der Waals surface area contributed by atoms with E-state index in [9.17, 15) is 4.79 Å². The number of fused-ring (bicyclic) bond motifs is 1. The van der Waals surface area contributed by atoms with Crippen molar-refractivity contribution in [3.63, 3.8) is 0 Å². The summed E-state index contributed by atoms with van der Waals surface area (Å²) >= 11 is 0. The number of amides is 1. The average Bonchev–Trinajstić information content (AvgIpc) is 3.24. The Balaban J connectivity index is 1.53. The molecule has 2 aromatic rings. The first kappa shape index (κ1) is 15.3. The zero-order valence-corrected chi connectivity index (χ0v) is 13.5. The van der Waals surface area contributed by atoms with E-state index in [1.54, 1.807) is 12.3 Å². The second-order valence-corrected chi connectivity index (χ2v) is 6.34. The molecular weight excluding hydrogens is 310 g/mol. The molecule has 24 heavy (non-hydrogen) atoms. The first-order valence-electron chi connectivity index (χ1n) is 8.29. The van der Waals surface area contributed by atoms with E-state index in [0.717, 1.165) is 45.2 Å². The second kappa shape index (κ2) is 6.74. The minimum Gasteiger partial charge on any atom is -0.379 e. The van der Waals surface area contributed by atoms with E-state index in [4.69, 9.17) is 9.26 Å². The van der Waals surface area contributed by atoms with Crippen LogP contribution in [0.1, 0.15) is 16.4 Å². The molecule has 0 N–H and O–H groups in total. The molecule has 0 aromatic carbocycles. The summed E-state index contributed by atoms with van der Waals surface area (Å²) in [6, 6.07) is 1.61. The zero-order valence-electron chi connectivity index (χ0n) is 13.5. The minimum absolute atomic E-state index is 0.129. The number of carbonyl (C=O) groups excluding carboxylic acids is 1. The molecule has 2 aromatic heterocycles. The van der Waals surface area contributed by atoms with Crippen LogP contribution in [0.5, 0.6) is 0 Å². The highest BCUT2D eigenvalue weighted by atomic mass is 16.5. The molecule has 8 heteroatoms. The van der Waals surface area contributed by atoms with Crippen molar-refractivity contribution in [1.82, 2.24) is 24.5 Å². The van der Waals surface area contributed by atoms with Gasteiger partial charge in [0, 0.05) is 57.1 Å². The molecule has 1 amide bonds. The summed E-state index contributed by atoms with van der Waals surface area (Å²) in [5.41, 5.74) is 0. The van der Waals surface area contributed by atoms with E-state index in [-0.39, 0.29) is 11.7 Å². The van der Waals surface area contributed by atoms with Crippen molar-refractivity contribution in [2.45, 2.75) is 13.1 Å². The van der Waals surface area contributed by atoms with Crippen LogP contribution in [0.15, 0.2) is 29.2 Å². The van der Waals surface area contributed by atoms with Crippen LogP contribution in [-0.4, -0.2) is 69.8 Å². The SMILES string of the molecule is O=C(c1ccno1)N1Cc2nccn2CC(CN2CCOCC2)C1. The van der Waals surface area contributed by atoms with Crippen molar-refractivity contribution in [2.75, 3.05) is 39.4 Å². The summed E-state index contributed by atoms with van der Waals surface area (Å²) in [7, 11) is 0. The van der Waals surface area contributed by atoms with Crippen LogP contribution in [-0.2, 0) is 17.8 Å². The third kappa shape index (κ3) is 3.20. The van der Waals surface area contributed by atoms with Crippen molar-refractivity contribution in [1.29, 1.82) is 0 Å². The van der Waals surface area contributed by atoms with Crippen molar-refractivity contribution in [3.05, 3.63) is 36.2 Å². The molecular formula is C16H21N5O3. The summed E-state index contributed by atoms with van der Waals surface area (Å²) < 4.78 is 12.6. The van der Waals surface area contributed by atoms with Crippen molar-refractivity contribution in [3.8, 4) is 0 Å². The third-order valence-corrected chi connectivity index (χ3v) is 4.62. The first-order chi connectivity index (χ1) is 11.8. The smallest absolute Gasteiger partial charge is 0.292 e. The fourth-order valence-corrected chi connectivity index (χ4v) is 3.44. The highest BCUT2D eigenvalue weighted by Crippen LogP contribution is 2.19. The summed E-state index contributed by atoms with van der Waals surface area (Å²) in [5.74, 6) is 1.40. The van der Waals surface area contributed by atoms with Crippen LogP contribution in [0.4, 0.5) is 0 Å². The molecule has 2 aliphatic heterocycles. The maximum absolute atomic E-state index is 12.7. The number of morpholine rings is 1. The van der Waals surface area contributed by atoms with Gasteiger partial charge in [-0.25, -0.2) is 4.98 Å². The van der Waals surface area contributed by atoms with Gasteiger partial charge in [0.2, 0.25) is 5.76 Å². The van der Waals surface area contributed by atoms with Gasteiger partial charge in [-0.3, -0.25) is 9.69 Å². The fraction of sp³-hybridized carbons (Fsp3) is 0.562. The van der Waals surface area contributed by atoms with E-state index < -0.39 is 0 Å². The lowest BCUT2D eigenvalue weighted by Crippen LogP contribution is -2.43. The van der Waals surface area contributed by atoms with Gasteiger partial charge in [-0.1, -0.05) is 5.16 Å². The molecule has 0 spiro atoms. The predicted molar refractivity (Wildman–Crippen MR) is 84.2 cm³/mol. The number of ether oxygens (including phenoxy) is 1. The Morgan fingerprint density at radius 3 is 2.92 bits per heavy atom. The monoisotopic (exact) mass is 331 g/mol. The largest absolute Gasteiger partial charge is 0.379 e. The van der Waals surface area contributed by atoms with Crippen LogP contribution < -0.4 is 0 Å². The first-order valence-corrected chi connectivity index (χ1v) is 8.29.